The van der Waals surface area contributed by atoms with E-state index in [-0.39, 0.29) is 18.4 Å². The smallest absolute Gasteiger partial charge is 0.255 e. The van der Waals surface area contributed by atoms with E-state index >= 15 is 0 Å². The molecule has 29 heavy (non-hydrogen) atoms. The maximum atomic E-state index is 13.1. The topological polar surface area (TPSA) is 63.1 Å². The molecule has 150 valence electrons. The summed E-state index contributed by atoms with van der Waals surface area (Å²) in [5.74, 6) is -0.396. The summed E-state index contributed by atoms with van der Waals surface area (Å²) in [6, 6.07) is 9.80. The van der Waals surface area contributed by atoms with Crippen molar-refractivity contribution in [3.63, 3.8) is 0 Å². The Morgan fingerprint density at radius 2 is 1.72 bits per heavy atom. The predicted molar refractivity (Wildman–Crippen MR) is 117 cm³/mol. The average Bonchev–Trinajstić information content (AvgIpc) is 3.36. The molecule has 0 bridgehead atoms. The fourth-order valence-electron chi connectivity index (χ4n) is 3.88. The first-order chi connectivity index (χ1) is 14.0. The summed E-state index contributed by atoms with van der Waals surface area (Å²) in [5.41, 5.74) is 4.70. The van der Waals surface area contributed by atoms with Gasteiger partial charge in [0.25, 0.3) is 5.91 Å². The molecule has 1 aliphatic rings. The van der Waals surface area contributed by atoms with E-state index in [1.807, 2.05) is 61.1 Å². The van der Waals surface area contributed by atoms with Gasteiger partial charge in [-0.2, -0.15) is 0 Å². The Hall–Kier alpha value is -2.86. The van der Waals surface area contributed by atoms with Crippen LogP contribution < -0.4 is 10.6 Å². The molecule has 0 fully saturated rings. The van der Waals surface area contributed by atoms with Crippen LogP contribution >= 0.6 is 11.3 Å². The number of carbonyl (C=O) groups excluding carboxylic acids is 2. The Morgan fingerprint density at radius 1 is 1.03 bits per heavy atom. The van der Waals surface area contributed by atoms with Crippen LogP contribution in [0.25, 0.3) is 5.00 Å². The number of aromatic nitrogens is 1. The van der Waals surface area contributed by atoms with Gasteiger partial charge in [0.2, 0.25) is 5.91 Å². The van der Waals surface area contributed by atoms with Crippen molar-refractivity contribution in [2.24, 2.45) is 0 Å². The minimum absolute atomic E-state index is 0.0532. The monoisotopic (exact) mass is 407 g/mol. The van der Waals surface area contributed by atoms with Crippen LogP contribution in [-0.2, 0) is 17.6 Å². The number of benzene rings is 1. The van der Waals surface area contributed by atoms with Crippen molar-refractivity contribution >= 4 is 28.8 Å². The largest absolute Gasteiger partial charge is 0.343 e. The lowest BCUT2D eigenvalue weighted by Gasteiger charge is -2.14. The number of aryl methyl sites for hydroxylation is 3. The van der Waals surface area contributed by atoms with Crippen LogP contribution in [-0.4, -0.2) is 22.9 Å². The number of nitrogens with one attached hydrogen (secondary N) is 2. The van der Waals surface area contributed by atoms with Crippen LogP contribution in [0.15, 0.2) is 42.7 Å². The average molecular weight is 408 g/mol. The molecule has 0 saturated carbocycles. The molecular weight excluding hydrogens is 382 g/mol. The quantitative estimate of drug-likeness (QED) is 0.658. The molecule has 6 heteroatoms. The van der Waals surface area contributed by atoms with Gasteiger partial charge in [-0.25, -0.2) is 0 Å². The van der Waals surface area contributed by atoms with Crippen molar-refractivity contribution < 1.29 is 9.59 Å². The molecule has 0 aliphatic heterocycles. The van der Waals surface area contributed by atoms with Crippen LogP contribution in [0.3, 0.4) is 0 Å². The molecule has 0 unspecified atom stereocenters. The van der Waals surface area contributed by atoms with Crippen molar-refractivity contribution in [3.8, 4) is 5.00 Å². The van der Waals surface area contributed by atoms with E-state index in [0.717, 1.165) is 58.6 Å². The third-order valence-electron chi connectivity index (χ3n) is 5.37. The molecule has 2 heterocycles. The molecule has 3 aromatic rings. The van der Waals surface area contributed by atoms with E-state index in [2.05, 4.69) is 10.6 Å². The first-order valence-electron chi connectivity index (χ1n) is 9.96. The Kier molecular flexibility index (Phi) is 5.53. The number of nitrogens with zero attached hydrogens (tertiary/aromatic N) is 1. The summed E-state index contributed by atoms with van der Waals surface area (Å²) in [6.45, 7) is 3.87. The van der Waals surface area contributed by atoms with E-state index in [4.69, 9.17) is 0 Å². The first-order valence-corrected chi connectivity index (χ1v) is 10.8. The van der Waals surface area contributed by atoms with Crippen LogP contribution in [0.2, 0.25) is 0 Å². The van der Waals surface area contributed by atoms with Crippen molar-refractivity contribution in [2.45, 2.75) is 39.5 Å². The highest BCUT2D eigenvalue weighted by Crippen LogP contribution is 2.36. The highest BCUT2D eigenvalue weighted by Gasteiger charge is 2.26. The third-order valence-corrected chi connectivity index (χ3v) is 6.68. The highest BCUT2D eigenvalue weighted by molar-refractivity contribution is 7.15. The summed E-state index contributed by atoms with van der Waals surface area (Å²) in [7, 11) is 0. The number of thiophene rings is 1. The number of rotatable bonds is 5. The number of anilines is 1. The zero-order valence-electron chi connectivity index (χ0n) is 16.7. The molecule has 2 amide bonds. The number of amides is 2. The molecule has 5 nitrogen and oxygen atoms in total. The number of carbonyl (C=O) groups is 2. The fourth-order valence-corrected chi connectivity index (χ4v) is 5.23. The van der Waals surface area contributed by atoms with Gasteiger partial charge in [-0.3, -0.25) is 9.59 Å². The van der Waals surface area contributed by atoms with Gasteiger partial charge in [0, 0.05) is 23.0 Å². The molecular formula is C23H25N3O2S. The van der Waals surface area contributed by atoms with Gasteiger partial charge in [-0.1, -0.05) is 18.2 Å². The van der Waals surface area contributed by atoms with Crippen LogP contribution in [0.4, 0.5) is 5.69 Å². The third kappa shape index (κ3) is 3.98. The van der Waals surface area contributed by atoms with Gasteiger partial charge in [-0.15, -0.1) is 11.3 Å². The van der Waals surface area contributed by atoms with Gasteiger partial charge in [-0.05, 0) is 68.4 Å². The fraction of sp³-hybridized carbons (Fsp3) is 0.304. The standard InChI is InChI=1S/C23H25N3O2S/c1-15-8-7-9-16(2)21(15)25-19(27)14-24-22(28)20-17-10-3-4-11-18(17)29-23(20)26-12-5-6-13-26/h5-9,12-13H,3-4,10-11,14H2,1-2H3,(H,24,28)(H,25,27). The Bertz CT molecular complexity index is 1030. The van der Waals surface area contributed by atoms with Crippen LogP contribution in [0.1, 0.15) is 44.8 Å². The number of hydrogen-bond acceptors (Lipinski definition) is 3. The maximum absolute atomic E-state index is 13.1. The highest BCUT2D eigenvalue weighted by atomic mass is 32.1. The van der Waals surface area contributed by atoms with E-state index in [1.165, 1.54) is 4.88 Å². The summed E-state index contributed by atoms with van der Waals surface area (Å²) in [4.78, 5) is 26.8. The molecule has 0 spiro atoms. The van der Waals surface area contributed by atoms with Crippen molar-refractivity contribution in [1.29, 1.82) is 0 Å². The Labute approximate surface area is 174 Å². The normalized spacial score (nSPS) is 13.0. The summed E-state index contributed by atoms with van der Waals surface area (Å²) >= 11 is 1.69. The molecule has 4 rings (SSSR count). The maximum Gasteiger partial charge on any atom is 0.255 e. The van der Waals surface area contributed by atoms with Crippen molar-refractivity contribution in [1.82, 2.24) is 9.88 Å². The van der Waals surface area contributed by atoms with Crippen molar-refractivity contribution in [3.05, 3.63) is 69.9 Å². The molecule has 2 N–H and O–H groups in total. The summed E-state index contributed by atoms with van der Waals surface area (Å²) in [5, 5.41) is 6.71. The molecule has 0 atom stereocenters. The van der Waals surface area contributed by atoms with Gasteiger partial charge in [0.1, 0.15) is 5.00 Å². The zero-order chi connectivity index (χ0) is 20.4. The van der Waals surface area contributed by atoms with Gasteiger partial charge in [0.05, 0.1) is 12.1 Å². The van der Waals surface area contributed by atoms with E-state index in [0.29, 0.717) is 0 Å². The first kappa shape index (κ1) is 19.5. The van der Waals surface area contributed by atoms with Crippen LogP contribution in [0.5, 0.6) is 0 Å². The van der Waals surface area contributed by atoms with E-state index in [1.54, 1.807) is 11.3 Å². The second kappa shape index (κ2) is 8.25. The molecule has 1 aliphatic carbocycles. The zero-order valence-corrected chi connectivity index (χ0v) is 17.6. The lowest BCUT2D eigenvalue weighted by Crippen LogP contribution is -2.34. The lowest BCUT2D eigenvalue weighted by atomic mass is 9.95. The summed E-state index contributed by atoms with van der Waals surface area (Å²) in [6.07, 6.45) is 8.13. The second-order valence-electron chi connectivity index (χ2n) is 7.48. The summed E-state index contributed by atoms with van der Waals surface area (Å²) < 4.78 is 1.99. The van der Waals surface area contributed by atoms with E-state index < -0.39 is 0 Å². The van der Waals surface area contributed by atoms with Gasteiger partial charge < -0.3 is 15.2 Å². The Balaban J connectivity index is 1.51. The second-order valence-corrected chi connectivity index (χ2v) is 8.56. The van der Waals surface area contributed by atoms with E-state index in [9.17, 15) is 9.59 Å². The number of fused-ring (bicyclic) bond motifs is 1. The minimum Gasteiger partial charge on any atom is -0.343 e. The molecule has 1 aromatic carbocycles. The van der Waals surface area contributed by atoms with Gasteiger partial charge in [0.15, 0.2) is 0 Å². The molecule has 0 radical (unpaired) electrons. The Morgan fingerprint density at radius 3 is 2.45 bits per heavy atom. The molecule has 2 aromatic heterocycles. The van der Waals surface area contributed by atoms with Crippen molar-refractivity contribution in [2.75, 3.05) is 11.9 Å². The predicted octanol–water partition coefficient (Wildman–Crippen LogP) is 4.40. The number of hydrogen-bond donors (Lipinski definition) is 2. The number of para-hydroxylation sites is 1. The van der Waals surface area contributed by atoms with Gasteiger partial charge >= 0.3 is 0 Å². The lowest BCUT2D eigenvalue weighted by molar-refractivity contribution is -0.115. The molecule has 0 saturated heterocycles. The minimum atomic E-state index is -0.220. The van der Waals surface area contributed by atoms with Crippen LogP contribution in [0, 0.1) is 13.8 Å². The SMILES string of the molecule is Cc1cccc(C)c1NC(=O)CNC(=O)c1c(-n2cccc2)sc2c1CCCC2.